The first kappa shape index (κ1) is 21.3. The van der Waals surface area contributed by atoms with E-state index < -0.39 is 0 Å². The van der Waals surface area contributed by atoms with Crippen molar-refractivity contribution in [1.82, 2.24) is 29.5 Å². The van der Waals surface area contributed by atoms with Gasteiger partial charge in [0.15, 0.2) is 23.0 Å². The summed E-state index contributed by atoms with van der Waals surface area (Å²) in [5.74, 6) is 0.926. The Morgan fingerprint density at radius 1 is 1.12 bits per heavy atom. The summed E-state index contributed by atoms with van der Waals surface area (Å²) < 4.78 is 23.3. The number of nitrogens with one attached hydrogen (secondary N) is 1. The van der Waals surface area contributed by atoms with Gasteiger partial charge in [0.25, 0.3) is 0 Å². The number of hydrogen-bond acceptors (Lipinski definition) is 6. The number of aromatic amines is 1. The largest absolute Gasteiger partial charge is 0.493 e. The van der Waals surface area contributed by atoms with Crippen LogP contribution in [0.2, 0.25) is 0 Å². The molecule has 6 heterocycles. The topological polar surface area (TPSA) is 74.6 Å². The number of H-pyrrole nitrogens is 1. The molecule has 0 atom stereocenters. The fourth-order valence-electron chi connectivity index (χ4n) is 5.66. The molecule has 4 aromatic rings. The van der Waals surface area contributed by atoms with Crippen molar-refractivity contribution < 1.29 is 9.13 Å². The molecule has 6 rings (SSSR count). The predicted molar refractivity (Wildman–Crippen MR) is 130 cm³/mol. The Labute approximate surface area is 197 Å². The van der Waals surface area contributed by atoms with E-state index in [0.717, 1.165) is 43.0 Å². The average Bonchev–Trinajstić information content (AvgIpc) is 3.37. The van der Waals surface area contributed by atoms with Crippen LogP contribution in [0.1, 0.15) is 39.2 Å². The summed E-state index contributed by atoms with van der Waals surface area (Å²) in [6.07, 6.45) is 5.15. The molecule has 2 aliphatic rings. The molecule has 2 aliphatic heterocycles. The first-order chi connectivity index (χ1) is 16.3. The van der Waals surface area contributed by atoms with Gasteiger partial charge >= 0.3 is 0 Å². The molecule has 1 N–H and O–H groups in total. The molecule has 0 aliphatic carbocycles. The van der Waals surface area contributed by atoms with Crippen LogP contribution in [0.5, 0.6) is 5.75 Å². The second-order valence-electron chi connectivity index (χ2n) is 10.4. The maximum Gasteiger partial charge on any atom is 0.197 e. The van der Waals surface area contributed by atoms with Gasteiger partial charge in [-0.1, -0.05) is 13.8 Å². The zero-order chi connectivity index (χ0) is 23.8. The number of rotatable bonds is 5. The second kappa shape index (κ2) is 7.40. The highest BCUT2D eigenvalue weighted by molar-refractivity contribution is 5.93. The highest BCUT2D eigenvalue weighted by atomic mass is 19.1. The number of hydrogen-bond donors (Lipinski definition) is 1. The molecular weight excluding hydrogens is 433 g/mol. The van der Waals surface area contributed by atoms with E-state index in [-0.39, 0.29) is 11.7 Å². The molecule has 8 nitrogen and oxygen atoms in total. The fourth-order valence-corrected chi connectivity index (χ4v) is 5.66. The van der Waals surface area contributed by atoms with Gasteiger partial charge in [0.2, 0.25) is 0 Å². The van der Waals surface area contributed by atoms with Gasteiger partial charge in [0.05, 0.1) is 24.5 Å². The van der Waals surface area contributed by atoms with Crippen LogP contribution in [0.25, 0.3) is 27.8 Å². The zero-order valence-electron chi connectivity index (χ0n) is 20.3. The van der Waals surface area contributed by atoms with Crippen LogP contribution in [0.3, 0.4) is 0 Å². The molecule has 4 aromatic heterocycles. The van der Waals surface area contributed by atoms with E-state index in [1.165, 1.54) is 6.33 Å². The zero-order valence-corrected chi connectivity index (χ0v) is 20.3. The van der Waals surface area contributed by atoms with Crippen molar-refractivity contribution in [1.29, 1.82) is 0 Å². The van der Waals surface area contributed by atoms with Crippen LogP contribution in [-0.4, -0.2) is 68.8 Å². The van der Waals surface area contributed by atoms with Gasteiger partial charge in [-0.2, -0.15) is 5.10 Å². The van der Waals surface area contributed by atoms with E-state index >= 15 is 4.39 Å². The quantitative estimate of drug-likeness (QED) is 0.481. The molecular formula is C25H30FN7O. The number of anilines is 1. The van der Waals surface area contributed by atoms with Crippen molar-refractivity contribution in [3.05, 3.63) is 36.2 Å². The summed E-state index contributed by atoms with van der Waals surface area (Å²) in [7, 11) is 1.61. The molecule has 0 aromatic carbocycles. The maximum absolute atomic E-state index is 16.0. The van der Waals surface area contributed by atoms with Gasteiger partial charge in [-0.25, -0.2) is 18.9 Å². The molecule has 0 bridgehead atoms. The summed E-state index contributed by atoms with van der Waals surface area (Å²) in [5, 5.41) is 4.89. The number of fused-ring (bicyclic) bond motifs is 2. The minimum absolute atomic E-state index is 0.0971. The number of halogens is 1. The monoisotopic (exact) mass is 463 g/mol. The van der Waals surface area contributed by atoms with Gasteiger partial charge in [0.1, 0.15) is 6.33 Å². The molecule has 0 radical (unpaired) electrons. The van der Waals surface area contributed by atoms with Gasteiger partial charge in [-0.3, -0.25) is 4.90 Å². The van der Waals surface area contributed by atoms with Crippen molar-refractivity contribution >= 4 is 22.4 Å². The van der Waals surface area contributed by atoms with Crippen molar-refractivity contribution in [2.45, 2.75) is 39.7 Å². The van der Waals surface area contributed by atoms with E-state index in [1.807, 2.05) is 12.3 Å². The minimum Gasteiger partial charge on any atom is -0.493 e. The third-order valence-electron chi connectivity index (χ3n) is 7.39. The third kappa shape index (κ3) is 3.02. The van der Waals surface area contributed by atoms with Crippen molar-refractivity contribution in [2.24, 2.45) is 5.41 Å². The second-order valence-corrected chi connectivity index (χ2v) is 10.4. The summed E-state index contributed by atoms with van der Waals surface area (Å²) in [6.45, 7) is 12.5. The Hall–Kier alpha value is -3.20. The Bertz CT molecular complexity index is 1390. The SMILES string of the molecule is COc1cc(-c2[nH]c3cnc(N4CC5(C4)CN(C(C)C)C5)c(F)c3c2C(C)C)cn2ncnc12. The van der Waals surface area contributed by atoms with Crippen LogP contribution < -0.4 is 9.64 Å². The lowest BCUT2D eigenvalue weighted by Gasteiger charge is -2.61. The van der Waals surface area contributed by atoms with E-state index in [9.17, 15) is 0 Å². The number of ether oxygens (including phenoxy) is 1. The van der Waals surface area contributed by atoms with Crippen LogP contribution in [0, 0.1) is 11.2 Å². The van der Waals surface area contributed by atoms with Crippen LogP contribution in [0.4, 0.5) is 10.2 Å². The van der Waals surface area contributed by atoms with Crippen molar-refractivity contribution in [3.8, 4) is 17.0 Å². The molecule has 2 fully saturated rings. The lowest BCUT2D eigenvalue weighted by atomic mass is 9.72. The van der Waals surface area contributed by atoms with Crippen LogP contribution >= 0.6 is 0 Å². The number of nitrogens with zero attached hydrogens (tertiary/aromatic N) is 6. The minimum atomic E-state index is -0.243. The molecule has 2 saturated heterocycles. The van der Waals surface area contributed by atoms with E-state index in [4.69, 9.17) is 4.74 Å². The average molecular weight is 464 g/mol. The van der Waals surface area contributed by atoms with Gasteiger partial charge in [-0.05, 0) is 31.4 Å². The highest BCUT2D eigenvalue weighted by Gasteiger charge is 2.53. The third-order valence-corrected chi connectivity index (χ3v) is 7.39. The fraction of sp³-hybridized carbons (Fsp3) is 0.480. The van der Waals surface area contributed by atoms with E-state index in [1.54, 1.807) is 17.8 Å². The maximum atomic E-state index is 16.0. The van der Waals surface area contributed by atoms with Crippen molar-refractivity contribution in [3.63, 3.8) is 0 Å². The number of pyridine rings is 2. The van der Waals surface area contributed by atoms with Gasteiger partial charge in [-0.15, -0.1) is 0 Å². The summed E-state index contributed by atoms with van der Waals surface area (Å²) >= 11 is 0. The smallest absolute Gasteiger partial charge is 0.197 e. The molecule has 178 valence electrons. The predicted octanol–water partition coefficient (Wildman–Crippen LogP) is 4.07. The molecule has 34 heavy (non-hydrogen) atoms. The van der Waals surface area contributed by atoms with Gasteiger partial charge < -0.3 is 14.6 Å². The summed E-state index contributed by atoms with van der Waals surface area (Å²) in [4.78, 5) is 16.8. The Morgan fingerprint density at radius 2 is 1.88 bits per heavy atom. The standard InChI is InChI=1S/C25H30FN7O/c1-14(2)19-20-17(30-22(19)16-6-18(34-5)23-28-13-29-33(23)8-16)7-27-24(21(20)26)32-11-25(12-32)9-31(10-25)15(3)4/h6-8,13-15,30H,9-12H2,1-5H3. The lowest BCUT2D eigenvalue weighted by molar-refractivity contribution is -0.0416. The first-order valence-electron chi connectivity index (χ1n) is 11.9. The van der Waals surface area contributed by atoms with Crippen LogP contribution in [-0.2, 0) is 0 Å². The molecule has 0 unspecified atom stereocenters. The highest BCUT2D eigenvalue weighted by Crippen LogP contribution is 2.45. The van der Waals surface area contributed by atoms with Gasteiger partial charge in [0, 0.05) is 54.8 Å². The van der Waals surface area contributed by atoms with Crippen molar-refractivity contribution in [2.75, 3.05) is 38.2 Å². The molecule has 0 saturated carbocycles. The Morgan fingerprint density at radius 3 is 2.56 bits per heavy atom. The number of methoxy groups -OCH3 is 1. The normalized spacial score (nSPS) is 17.8. The summed E-state index contributed by atoms with van der Waals surface area (Å²) in [6, 6.07) is 2.48. The first-order valence-corrected chi connectivity index (χ1v) is 11.9. The van der Waals surface area contributed by atoms with E-state index in [2.05, 4.69) is 57.5 Å². The molecule has 9 heteroatoms. The Balaban J connectivity index is 1.40. The summed E-state index contributed by atoms with van der Waals surface area (Å²) in [5.41, 5.74) is 4.28. The number of likely N-dealkylation sites (tertiary alicyclic amines) is 1. The lowest BCUT2D eigenvalue weighted by Crippen LogP contribution is -2.73. The molecule has 1 spiro atoms. The molecule has 0 amide bonds. The van der Waals surface area contributed by atoms with Crippen LogP contribution in [0.15, 0.2) is 24.8 Å². The Kier molecular flexibility index (Phi) is 4.64. The van der Waals surface area contributed by atoms with E-state index in [0.29, 0.717) is 39.6 Å². The number of aromatic nitrogens is 5.